The topological polar surface area (TPSA) is 73.6 Å². The van der Waals surface area contributed by atoms with Gasteiger partial charge in [0, 0.05) is 25.7 Å². The highest BCUT2D eigenvalue weighted by Crippen LogP contribution is 2.32. The number of rotatable bonds is 4. The second-order valence-electron chi connectivity index (χ2n) is 8.73. The molecular formula is C22H29N3O3. The van der Waals surface area contributed by atoms with Gasteiger partial charge in [-0.25, -0.2) is 4.79 Å². The van der Waals surface area contributed by atoms with Gasteiger partial charge in [0.1, 0.15) is 5.60 Å². The molecule has 0 spiro atoms. The van der Waals surface area contributed by atoms with Crippen LogP contribution in [0.2, 0.25) is 0 Å². The summed E-state index contributed by atoms with van der Waals surface area (Å²) < 4.78 is 5.48. The van der Waals surface area contributed by atoms with Crippen LogP contribution in [0.5, 0.6) is 0 Å². The molecule has 0 N–H and O–H groups in total. The van der Waals surface area contributed by atoms with Crippen molar-refractivity contribution >= 4 is 12.0 Å². The van der Waals surface area contributed by atoms with Crippen molar-refractivity contribution in [1.29, 1.82) is 5.26 Å². The number of hydrogen-bond acceptors (Lipinski definition) is 4. The van der Waals surface area contributed by atoms with Gasteiger partial charge in [-0.1, -0.05) is 18.2 Å². The van der Waals surface area contributed by atoms with E-state index in [1.54, 1.807) is 11.0 Å². The fraction of sp³-hybridized carbons (Fsp3) is 0.591. The van der Waals surface area contributed by atoms with Gasteiger partial charge in [0.15, 0.2) is 0 Å². The van der Waals surface area contributed by atoms with Crippen molar-refractivity contribution in [3.63, 3.8) is 0 Å². The average molecular weight is 383 g/mol. The van der Waals surface area contributed by atoms with Crippen LogP contribution in [0.25, 0.3) is 0 Å². The molecule has 2 aliphatic rings. The molecule has 150 valence electrons. The number of hydrogen-bond donors (Lipinski definition) is 0. The van der Waals surface area contributed by atoms with E-state index in [9.17, 15) is 14.9 Å². The minimum Gasteiger partial charge on any atom is -0.444 e. The third-order valence-electron chi connectivity index (χ3n) is 5.17. The number of benzene rings is 1. The van der Waals surface area contributed by atoms with Gasteiger partial charge in [-0.15, -0.1) is 0 Å². The van der Waals surface area contributed by atoms with Crippen molar-refractivity contribution in [3.05, 3.63) is 35.4 Å². The summed E-state index contributed by atoms with van der Waals surface area (Å²) in [5.41, 5.74) is 0.944. The average Bonchev–Trinajstić information content (AvgIpc) is 3.49. The van der Waals surface area contributed by atoms with E-state index < -0.39 is 5.60 Å². The quantitative estimate of drug-likeness (QED) is 0.795. The van der Waals surface area contributed by atoms with Crippen molar-refractivity contribution in [2.45, 2.75) is 64.6 Å². The third kappa shape index (κ3) is 5.03. The number of amides is 2. The second kappa shape index (κ2) is 8.22. The zero-order chi connectivity index (χ0) is 20.3. The second-order valence-corrected chi connectivity index (χ2v) is 8.73. The Kier molecular flexibility index (Phi) is 5.93. The Bertz CT molecular complexity index is 774. The highest BCUT2D eigenvalue weighted by atomic mass is 16.6. The molecule has 1 aromatic rings. The van der Waals surface area contributed by atoms with Crippen LogP contribution in [-0.2, 0) is 16.1 Å². The summed E-state index contributed by atoms with van der Waals surface area (Å²) in [5, 5.41) is 9.35. The standard InChI is InChI=1S/C22H29N3O3/c1-22(2,3)28-21(27)24-12-6-9-18(14-24)20(26)25(19-10-11-19)15-17-8-5-4-7-16(17)13-23/h4-5,7-8,18-19H,6,9-12,14-15H2,1-3H3/t18-/m1/s1. The van der Waals surface area contributed by atoms with Crippen LogP contribution in [-0.4, -0.2) is 46.5 Å². The molecule has 0 aromatic heterocycles. The van der Waals surface area contributed by atoms with Crippen LogP contribution in [0, 0.1) is 17.2 Å². The Hall–Kier alpha value is -2.55. The van der Waals surface area contributed by atoms with Gasteiger partial charge < -0.3 is 14.5 Å². The van der Waals surface area contributed by atoms with Crippen LogP contribution in [0.4, 0.5) is 4.79 Å². The number of ether oxygens (including phenoxy) is 1. The number of likely N-dealkylation sites (tertiary alicyclic amines) is 1. The smallest absolute Gasteiger partial charge is 0.410 e. The molecule has 1 aromatic carbocycles. The van der Waals surface area contributed by atoms with Crippen LogP contribution in [0.1, 0.15) is 57.6 Å². The van der Waals surface area contributed by atoms with E-state index in [0.717, 1.165) is 31.2 Å². The summed E-state index contributed by atoms with van der Waals surface area (Å²) in [6.07, 6.45) is 3.23. The third-order valence-corrected chi connectivity index (χ3v) is 5.17. The van der Waals surface area contributed by atoms with Crippen LogP contribution in [0.15, 0.2) is 24.3 Å². The molecule has 28 heavy (non-hydrogen) atoms. The first kappa shape index (κ1) is 20.2. The molecule has 6 nitrogen and oxygen atoms in total. The number of piperidine rings is 1. The van der Waals surface area contributed by atoms with E-state index in [1.807, 2.05) is 43.9 Å². The van der Waals surface area contributed by atoms with Crippen molar-refractivity contribution < 1.29 is 14.3 Å². The Morgan fingerprint density at radius 2 is 1.96 bits per heavy atom. The van der Waals surface area contributed by atoms with Gasteiger partial charge >= 0.3 is 6.09 Å². The number of nitrogens with zero attached hydrogens (tertiary/aromatic N) is 3. The summed E-state index contributed by atoms with van der Waals surface area (Å²) in [6, 6.07) is 9.90. The lowest BCUT2D eigenvalue weighted by Gasteiger charge is -2.36. The van der Waals surface area contributed by atoms with Gasteiger partial charge in [0.25, 0.3) is 0 Å². The minimum atomic E-state index is -0.547. The Labute approximate surface area is 167 Å². The predicted octanol–water partition coefficient (Wildman–Crippen LogP) is 3.70. The van der Waals surface area contributed by atoms with Crippen molar-refractivity contribution in [3.8, 4) is 6.07 Å². The summed E-state index contributed by atoms with van der Waals surface area (Å²) in [7, 11) is 0. The Balaban J connectivity index is 1.69. The largest absolute Gasteiger partial charge is 0.444 e. The van der Waals surface area contributed by atoms with Gasteiger partial charge in [-0.2, -0.15) is 5.26 Å². The monoisotopic (exact) mass is 383 g/mol. The summed E-state index contributed by atoms with van der Waals surface area (Å²) >= 11 is 0. The molecule has 1 aliphatic carbocycles. The van der Waals surface area contributed by atoms with Crippen molar-refractivity contribution in [1.82, 2.24) is 9.80 Å². The minimum absolute atomic E-state index is 0.0866. The van der Waals surface area contributed by atoms with E-state index in [2.05, 4.69) is 6.07 Å². The van der Waals surface area contributed by atoms with Crippen LogP contribution in [0.3, 0.4) is 0 Å². The van der Waals surface area contributed by atoms with Gasteiger partial charge in [0.2, 0.25) is 5.91 Å². The summed E-state index contributed by atoms with van der Waals surface area (Å²) in [6.45, 7) is 7.02. The zero-order valence-corrected chi connectivity index (χ0v) is 17.0. The van der Waals surface area contributed by atoms with E-state index in [0.29, 0.717) is 25.2 Å². The molecule has 1 saturated carbocycles. The molecule has 0 radical (unpaired) electrons. The fourth-order valence-corrected chi connectivity index (χ4v) is 3.63. The van der Waals surface area contributed by atoms with Gasteiger partial charge in [-0.05, 0) is 58.1 Å². The maximum Gasteiger partial charge on any atom is 0.410 e. The first-order chi connectivity index (χ1) is 13.3. The van der Waals surface area contributed by atoms with Crippen molar-refractivity contribution in [2.75, 3.05) is 13.1 Å². The van der Waals surface area contributed by atoms with Gasteiger partial charge in [0.05, 0.1) is 17.6 Å². The molecule has 1 heterocycles. The highest BCUT2D eigenvalue weighted by molar-refractivity contribution is 5.81. The van der Waals surface area contributed by atoms with Crippen LogP contribution < -0.4 is 0 Å². The Morgan fingerprint density at radius 3 is 2.61 bits per heavy atom. The van der Waals surface area contributed by atoms with Gasteiger partial charge in [-0.3, -0.25) is 4.79 Å². The molecule has 6 heteroatoms. The lowest BCUT2D eigenvalue weighted by atomic mass is 9.96. The maximum absolute atomic E-state index is 13.3. The molecule has 1 aliphatic heterocycles. The fourth-order valence-electron chi connectivity index (χ4n) is 3.63. The first-order valence-corrected chi connectivity index (χ1v) is 10.0. The lowest BCUT2D eigenvalue weighted by Crippen LogP contribution is -2.48. The van der Waals surface area contributed by atoms with E-state index in [4.69, 9.17) is 4.74 Å². The molecule has 2 fully saturated rings. The van der Waals surface area contributed by atoms with Crippen molar-refractivity contribution in [2.24, 2.45) is 5.92 Å². The molecule has 0 unspecified atom stereocenters. The lowest BCUT2D eigenvalue weighted by molar-refractivity contribution is -0.138. The number of carbonyl (C=O) groups is 2. The van der Waals surface area contributed by atoms with Crippen LogP contribution >= 0.6 is 0 Å². The highest BCUT2D eigenvalue weighted by Gasteiger charge is 2.38. The Morgan fingerprint density at radius 1 is 1.25 bits per heavy atom. The molecular weight excluding hydrogens is 354 g/mol. The molecule has 0 bridgehead atoms. The summed E-state index contributed by atoms with van der Waals surface area (Å²) in [4.78, 5) is 29.3. The van der Waals surface area contributed by atoms with E-state index in [1.165, 1.54) is 0 Å². The summed E-state index contributed by atoms with van der Waals surface area (Å²) in [5.74, 6) is -0.125. The zero-order valence-electron chi connectivity index (χ0n) is 17.0. The van der Waals surface area contributed by atoms with E-state index in [-0.39, 0.29) is 24.0 Å². The molecule has 2 amide bonds. The maximum atomic E-state index is 13.3. The van der Waals surface area contributed by atoms with E-state index >= 15 is 0 Å². The first-order valence-electron chi connectivity index (χ1n) is 10.0. The molecule has 1 saturated heterocycles. The number of nitriles is 1. The normalized spacial score (nSPS) is 19.6. The molecule has 3 rings (SSSR count). The predicted molar refractivity (Wildman–Crippen MR) is 105 cm³/mol. The molecule has 1 atom stereocenters. The number of carbonyl (C=O) groups excluding carboxylic acids is 2. The SMILES string of the molecule is CC(C)(C)OC(=O)N1CCC[C@@H](C(=O)N(Cc2ccccc2C#N)C2CC2)C1.